The molecule has 2 heterocycles. The van der Waals surface area contributed by atoms with Crippen molar-refractivity contribution < 1.29 is 72.2 Å². The summed E-state index contributed by atoms with van der Waals surface area (Å²) < 4.78 is 131. The van der Waals surface area contributed by atoms with E-state index in [0.29, 0.717) is 61.4 Å². The Labute approximate surface area is 375 Å². The molecule has 1 atom stereocenters. The molecule has 0 amide bonds. The summed E-state index contributed by atoms with van der Waals surface area (Å²) >= 11 is 0. The first-order valence-corrected chi connectivity index (χ1v) is 25.4. The number of allylic oxidation sites excluding steroid dienone is 3. The van der Waals surface area contributed by atoms with Gasteiger partial charge in [-0.25, -0.2) is 4.58 Å². The van der Waals surface area contributed by atoms with Gasteiger partial charge in [0.25, 0.3) is 30.4 Å². The number of anilines is 1. The number of benzene rings is 2. The van der Waals surface area contributed by atoms with Crippen LogP contribution in [0.1, 0.15) is 70.3 Å². The van der Waals surface area contributed by atoms with Gasteiger partial charge in [-0.2, -0.15) is 25.3 Å². The molecule has 21 heteroatoms. The van der Waals surface area contributed by atoms with E-state index in [9.17, 15) is 43.7 Å². The highest BCUT2D eigenvalue weighted by Crippen LogP contribution is 2.51. The SMILES string of the molecule is COCCOCC[N+](CCCS(=O)(=O)O)=c1ccc2c(C(C)(C)C)cc(/C=C/C=C3/N(CCOCCOCCC(=O)O)c4ccc(S(=O)(=O)O)cc4C3(C)CCCS(=O)(=O)O)oc-2c1. The number of hydrogen-bond donors (Lipinski definition) is 4. The molecule has 1 aromatic carbocycles. The van der Waals surface area contributed by atoms with Crippen molar-refractivity contribution in [3.8, 4) is 11.3 Å². The lowest BCUT2D eigenvalue weighted by atomic mass is 9.77. The van der Waals surface area contributed by atoms with E-state index in [1.54, 1.807) is 25.3 Å². The predicted octanol–water partition coefficient (Wildman–Crippen LogP) is 4.49. The van der Waals surface area contributed by atoms with E-state index in [1.165, 1.54) is 12.1 Å². The second-order valence-corrected chi connectivity index (χ2v) is 21.1. The molecular weight excluding hydrogens is 897 g/mol. The highest BCUT2D eigenvalue weighted by atomic mass is 32.2. The lowest BCUT2D eigenvalue weighted by Gasteiger charge is -2.30. The van der Waals surface area contributed by atoms with Crippen LogP contribution in [0.3, 0.4) is 0 Å². The molecule has 0 spiro atoms. The fraction of sp³-hybridized carbons (Fsp3) is 0.535. The van der Waals surface area contributed by atoms with E-state index in [0.717, 1.165) is 16.5 Å². The van der Waals surface area contributed by atoms with E-state index in [2.05, 4.69) is 20.8 Å². The van der Waals surface area contributed by atoms with Crippen LogP contribution in [-0.2, 0) is 64.9 Å². The Kier molecular flexibility index (Phi) is 18.8. The number of nitrogens with zero attached hydrogens (tertiary/aromatic N) is 2. The third-order valence-corrected chi connectivity index (χ3v) is 13.1. The first-order chi connectivity index (χ1) is 29.9. The van der Waals surface area contributed by atoms with E-state index < -0.39 is 53.2 Å². The van der Waals surface area contributed by atoms with Gasteiger partial charge in [-0.3, -0.25) is 18.5 Å². The molecule has 356 valence electrons. The lowest BCUT2D eigenvalue weighted by molar-refractivity contribution is -0.138. The molecule has 0 radical (unpaired) electrons. The fourth-order valence-corrected chi connectivity index (χ4v) is 9.01. The summed E-state index contributed by atoms with van der Waals surface area (Å²) in [6.45, 7) is 10.6. The Morgan fingerprint density at radius 3 is 2.12 bits per heavy atom. The molecule has 64 heavy (non-hydrogen) atoms. The molecule has 0 bridgehead atoms. The maximum atomic E-state index is 12.3. The first-order valence-electron chi connectivity index (χ1n) is 20.7. The number of fused-ring (bicyclic) bond motifs is 2. The van der Waals surface area contributed by atoms with Gasteiger partial charge in [0.15, 0.2) is 6.54 Å². The molecule has 1 aromatic rings. The third-order valence-electron chi connectivity index (χ3n) is 10.6. The van der Waals surface area contributed by atoms with Crippen molar-refractivity contribution in [2.24, 2.45) is 0 Å². The molecule has 1 unspecified atom stereocenters. The molecule has 0 aromatic heterocycles. The third kappa shape index (κ3) is 15.8. The Balaban J connectivity index is 1.81. The van der Waals surface area contributed by atoms with Gasteiger partial charge < -0.3 is 33.4 Å². The number of hydrogen-bond acceptors (Lipinski definition) is 13. The number of carbonyl (C=O) groups is 1. The zero-order chi connectivity index (χ0) is 47.3. The van der Waals surface area contributed by atoms with Crippen molar-refractivity contribution in [1.29, 1.82) is 0 Å². The topological polar surface area (TPSA) is 257 Å². The Bertz CT molecular complexity index is 2510. The average molecular weight is 958 g/mol. The number of rotatable bonds is 26. The first kappa shape index (κ1) is 52.6. The van der Waals surface area contributed by atoms with Gasteiger partial charge in [-0.15, -0.1) is 0 Å². The van der Waals surface area contributed by atoms with Crippen molar-refractivity contribution in [2.45, 2.75) is 69.1 Å². The van der Waals surface area contributed by atoms with Gasteiger partial charge in [-0.05, 0) is 78.8 Å². The Morgan fingerprint density at radius 1 is 0.828 bits per heavy atom. The molecule has 18 nitrogen and oxygen atoms in total. The molecule has 2 aliphatic heterocycles. The van der Waals surface area contributed by atoms with E-state index in [1.807, 2.05) is 46.7 Å². The zero-order valence-electron chi connectivity index (χ0n) is 36.9. The lowest BCUT2D eigenvalue weighted by Crippen LogP contribution is -2.35. The maximum absolute atomic E-state index is 12.3. The number of carboxylic acids is 1. The van der Waals surface area contributed by atoms with E-state index in [4.69, 9.17) is 28.5 Å². The van der Waals surface area contributed by atoms with Crippen LogP contribution >= 0.6 is 0 Å². The Morgan fingerprint density at radius 2 is 1.48 bits per heavy atom. The predicted molar refractivity (Wildman–Crippen MR) is 240 cm³/mol. The molecule has 3 aliphatic rings. The molecule has 0 saturated carbocycles. The van der Waals surface area contributed by atoms with E-state index >= 15 is 0 Å². The van der Waals surface area contributed by atoms with Crippen LogP contribution in [0, 0.1) is 0 Å². The highest BCUT2D eigenvalue weighted by molar-refractivity contribution is 7.86. The summed E-state index contributed by atoms with van der Waals surface area (Å²) in [4.78, 5) is 12.4. The molecule has 4 N–H and O–H groups in total. The second kappa shape index (κ2) is 22.9. The minimum Gasteiger partial charge on any atom is -0.481 e. The van der Waals surface area contributed by atoms with Crippen LogP contribution in [0.4, 0.5) is 5.69 Å². The minimum atomic E-state index is -4.63. The Hall–Kier alpha value is -4.03. The van der Waals surface area contributed by atoms with Crippen LogP contribution < -0.4 is 14.8 Å². The number of methoxy groups -OCH3 is 1. The molecule has 0 fully saturated rings. The van der Waals surface area contributed by atoms with Crippen molar-refractivity contribution in [2.75, 3.05) is 89.4 Å². The van der Waals surface area contributed by atoms with E-state index in [-0.39, 0.29) is 69.0 Å². The van der Waals surface area contributed by atoms with Crippen molar-refractivity contribution in [3.05, 3.63) is 82.6 Å². The number of carboxylic acid groups (broad SMARTS) is 1. The summed E-state index contributed by atoms with van der Waals surface area (Å²) in [7, 11) is -11.6. The van der Waals surface area contributed by atoms with Gasteiger partial charge >= 0.3 is 5.97 Å². The summed E-state index contributed by atoms with van der Waals surface area (Å²) in [6, 6.07) is 11.9. The number of aliphatic carboxylic acids is 1. The van der Waals surface area contributed by atoms with Crippen LogP contribution in [0.5, 0.6) is 0 Å². The zero-order valence-corrected chi connectivity index (χ0v) is 39.3. The minimum absolute atomic E-state index is 0.00729. The second-order valence-electron chi connectivity index (χ2n) is 16.5. The normalized spacial score (nSPS) is 17.2. The quantitative estimate of drug-likeness (QED) is 0.0491. The van der Waals surface area contributed by atoms with Gasteiger partial charge in [0, 0.05) is 48.5 Å². The number of ether oxygens (including phenoxy) is 4. The largest absolute Gasteiger partial charge is 0.481 e. The van der Waals surface area contributed by atoms with Crippen LogP contribution in [0.2, 0.25) is 0 Å². The summed E-state index contributed by atoms with van der Waals surface area (Å²) in [5, 5.41) is 9.59. The summed E-state index contributed by atoms with van der Waals surface area (Å²) in [6.07, 6.45) is 5.51. The van der Waals surface area contributed by atoms with Crippen molar-refractivity contribution >= 4 is 48.1 Å². The van der Waals surface area contributed by atoms with Gasteiger partial charge in [0.2, 0.25) is 5.36 Å². The molecule has 4 rings (SSSR count). The molecule has 0 saturated heterocycles. The summed E-state index contributed by atoms with van der Waals surface area (Å²) in [5.74, 6) is -0.918. The molecule has 1 aliphatic carbocycles. The standard InChI is InChI=1S/C43H60N2O16S3/c1-42(2,3)36-30-33(61-39-29-32(11-13-35(36)39)44(17-8-28-63(51,52)53)18-21-59-24-23-57-5)9-6-10-40-43(4,16-7-27-62(48,49)50)37-31-34(64(54,55)56)12-14-38(37)45(40)19-22-60-26-25-58-20-15-41(46)47/h6,9-14,29-31H,7-8,15-28H2,1-5H3,(H3-,46,47,48,49,50,51,52,53,54,55,56)/p+1. The molecular formula is C43H61N2O16S3+. The monoisotopic (exact) mass is 957 g/mol. The fourth-order valence-electron chi connectivity index (χ4n) is 7.50. The van der Waals surface area contributed by atoms with Crippen molar-refractivity contribution in [3.63, 3.8) is 0 Å². The highest BCUT2D eigenvalue weighted by Gasteiger charge is 2.44. The van der Waals surface area contributed by atoms with Gasteiger partial charge in [-0.1, -0.05) is 26.8 Å². The van der Waals surface area contributed by atoms with Gasteiger partial charge in [0.05, 0.1) is 68.5 Å². The van der Waals surface area contributed by atoms with Crippen molar-refractivity contribution in [1.82, 2.24) is 4.58 Å². The van der Waals surface area contributed by atoms with Crippen LogP contribution in [0.25, 0.3) is 17.4 Å². The van der Waals surface area contributed by atoms with Crippen LogP contribution in [-0.4, -0.2) is 134 Å². The average Bonchev–Trinajstić information content (AvgIpc) is 3.41. The summed E-state index contributed by atoms with van der Waals surface area (Å²) in [5.41, 5.74) is 2.16. The smallest absolute Gasteiger partial charge is 0.305 e. The maximum Gasteiger partial charge on any atom is 0.305 e. The van der Waals surface area contributed by atoms with Gasteiger partial charge in [0.1, 0.15) is 24.7 Å². The van der Waals surface area contributed by atoms with Crippen LogP contribution in [0.15, 0.2) is 69.6 Å².